The largest absolute Gasteiger partial charge is 0.467 e. The average molecular weight is 259 g/mol. The van der Waals surface area contributed by atoms with E-state index in [1.165, 1.54) is 5.56 Å². The third kappa shape index (κ3) is 4.23. The normalized spacial score (nSPS) is 12.8. The van der Waals surface area contributed by atoms with E-state index in [0.29, 0.717) is 6.61 Å². The SMILES string of the molecule is CC(C)OCCNC(c1ccccc1)c1ccco1. The smallest absolute Gasteiger partial charge is 0.125 e. The number of ether oxygens (including phenoxy) is 1. The molecule has 1 atom stereocenters. The third-order valence-electron chi connectivity index (χ3n) is 2.86. The molecule has 0 amide bonds. The molecule has 1 N–H and O–H groups in total. The minimum Gasteiger partial charge on any atom is -0.467 e. The highest BCUT2D eigenvalue weighted by atomic mass is 16.5. The van der Waals surface area contributed by atoms with Gasteiger partial charge in [-0.05, 0) is 31.5 Å². The quantitative estimate of drug-likeness (QED) is 0.774. The van der Waals surface area contributed by atoms with Gasteiger partial charge in [-0.25, -0.2) is 0 Å². The van der Waals surface area contributed by atoms with Crippen LogP contribution >= 0.6 is 0 Å². The van der Waals surface area contributed by atoms with Crippen LogP contribution in [0.2, 0.25) is 0 Å². The molecular formula is C16H21NO2. The van der Waals surface area contributed by atoms with Gasteiger partial charge in [0.2, 0.25) is 0 Å². The molecule has 1 unspecified atom stereocenters. The summed E-state index contributed by atoms with van der Waals surface area (Å²) in [6.07, 6.45) is 1.97. The van der Waals surface area contributed by atoms with Crippen LogP contribution in [0.25, 0.3) is 0 Å². The van der Waals surface area contributed by atoms with E-state index in [1.807, 2.05) is 44.2 Å². The van der Waals surface area contributed by atoms with Crippen molar-refractivity contribution in [2.75, 3.05) is 13.2 Å². The molecule has 2 rings (SSSR count). The second-order valence-corrected chi connectivity index (χ2v) is 4.73. The van der Waals surface area contributed by atoms with Crippen molar-refractivity contribution in [3.63, 3.8) is 0 Å². The monoisotopic (exact) mass is 259 g/mol. The van der Waals surface area contributed by atoms with Gasteiger partial charge in [-0.3, -0.25) is 0 Å². The van der Waals surface area contributed by atoms with E-state index >= 15 is 0 Å². The van der Waals surface area contributed by atoms with Crippen molar-refractivity contribution in [3.8, 4) is 0 Å². The Kier molecular flexibility index (Phi) is 5.19. The first-order valence-corrected chi connectivity index (χ1v) is 6.70. The zero-order valence-electron chi connectivity index (χ0n) is 11.5. The second kappa shape index (κ2) is 7.12. The molecule has 0 aliphatic rings. The highest BCUT2D eigenvalue weighted by molar-refractivity contribution is 5.26. The predicted octanol–water partition coefficient (Wildman–Crippen LogP) is 3.38. The highest BCUT2D eigenvalue weighted by Crippen LogP contribution is 2.21. The molecule has 0 radical (unpaired) electrons. The summed E-state index contributed by atoms with van der Waals surface area (Å²) in [5.41, 5.74) is 1.20. The lowest BCUT2D eigenvalue weighted by molar-refractivity contribution is 0.0796. The first-order chi connectivity index (χ1) is 9.27. The maximum absolute atomic E-state index is 5.55. The Morgan fingerprint density at radius 3 is 2.53 bits per heavy atom. The Bertz CT molecular complexity index is 451. The van der Waals surface area contributed by atoms with E-state index in [9.17, 15) is 0 Å². The predicted molar refractivity (Wildman–Crippen MR) is 76.1 cm³/mol. The van der Waals surface area contributed by atoms with Crippen molar-refractivity contribution in [2.24, 2.45) is 0 Å². The summed E-state index contributed by atoms with van der Waals surface area (Å²) in [6.45, 7) is 5.57. The van der Waals surface area contributed by atoms with Gasteiger partial charge in [0.25, 0.3) is 0 Å². The molecule has 2 aromatic rings. The van der Waals surface area contributed by atoms with Crippen LogP contribution in [0.3, 0.4) is 0 Å². The van der Waals surface area contributed by atoms with Crippen molar-refractivity contribution in [3.05, 3.63) is 60.1 Å². The molecule has 1 aromatic heterocycles. The Morgan fingerprint density at radius 2 is 1.89 bits per heavy atom. The Morgan fingerprint density at radius 1 is 1.11 bits per heavy atom. The van der Waals surface area contributed by atoms with Crippen LogP contribution in [0.5, 0.6) is 0 Å². The lowest BCUT2D eigenvalue weighted by atomic mass is 10.0. The summed E-state index contributed by atoms with van der Waals surface area (Å²) >= 11 is 0. The van der Waals surface area contributed by atoms with Crippen LogP contribution in [-0.4, -0.2) is 19.3 Å². The van der Waals surface area contributed by atoms with E-state index in [4.69, 9.17) is 9.15 Å². The number of furan rings is 1. The molecule has 0 saturated carbocycles. The van der Waals surface area contributed by atoms with Crippen LogP contribution in [-0.2, 0) is 4.74 Å². The lowest BCUT2D eigenvalue weighted by Crippen LogP contribution is -2.26. The Balaban J connectivity index is 2.00. The standard InChI is InChI=1S/C16H21NO2/c1-13(2)18-12-10-17-16(15-9-6-11-19-15)14-7-4-3-5-8-14/h3-9,11,13,16-17H,10,12H2,1-2H3. The summed E-state index contributed by atoms with van der Waals surface area (Å²) in [5.74, 6) is 0.927. The van der Waals surface area contributed by atoms with E-state index in [-0.39, 0.29) is 12.1 Å². The Hall–Kier alpha value is -1.58. The molecular weight excluding hydrogens is 238 g/mol. The van der Waals surface area contributed by atoms with Gasteiger partial charge in [-0.1, -0.05) is 30.3 Å². The zero-order valence-corrected chi connectivity index (χ0v) is 11.5. The van der Waals surface area contributed by atoms with Crippen molar-refractivity contribution < 1.29 is 9.15 Å². The van der Waals surface area contributed by atoms with Gasteiger partial charge < -0.3 is 14.5 Å². The molecule has 0 aliphatic heterocycles. The summed E-state index contributed by atoms with van der Waals surface area (Å²) < 4.78 is 11.1. The Labute approximate surface area is 114 Å². The molecule has 0 spiro atoms. The molecule has 3 heteroatoms. The average Bonchev–Trinajstić information content (AvgIpc) is 2.93. The van der Waals surface area contributed by atoms with Gasteiger partial charge in [-0.15, -0.1) is 0 Å². The molecule has 1 aromatic carbocycles. The van der Waals surface area contributed by atoms with Crippen LogP contribution in [0.4, 0.5) is 0 Å². The molecule has 0 bridgehead atoms. The first-order valence-electron chi connectivity index (χ1n) is 6.70. The molecule has 0 saturated heterocycles. The summed E-state index contributed by atoms with van der Waals surface area (Å²) in [5, 5.41) is 3.48. The van der Waals surface area contributed by atoms with Gasteiger partial charge in [0.1, 0.15) is 5.76 Å². The molecule has 3 nitrogen and oxygen atoms in total. The van der Waals surface area contributed by atoms with Crippen molar-refractivity contribution in [1.29, 1.82) is 0 Å². The van der Waals surface area contributed by atoms with Crippen LogP contribution in [0.1, 0.15) is 31.2 Å². The van der Waals surface area contributed by atoms with Gasteiger partial charge >= 0.3 is 0 Å². The van der Waals surface area contributed by atoms with E-state index in [2.05, 4.69) is 17.4 Å². The first kappa shape index (κ1) is 13.8. The van der Waals surface area contributed by atoms with Gasteiger partial charge in [0.15, 0.2) is 0 Å². The van der Waals surface area contributed by atoms with Gasteiger partial charge in [0, 0.05) is 6.54 Å². The van der Waals surface area contributed by atoms with Crippen molar-refractivity contribution >= 4 is 0 Å². The van der Waals surface area contributed by atoms with Crippen LogP contribution < -0.4 is 5.32 Å². The maximum atomic E-state index is 5.55. The minimum absolute atomic E-state index is 0.0759. The number of rotatable bonds is 7. The van der Waals surface area contributed by atoms with E-state index in [1.54, 1.807) is 6.26 Å². The summed E-state index contributed by atoms with van der Waals surface area (Å²) in [7, 11) is 0. The zero-order chi connectivity index (χ0) is 13.5. The molecule has 0 fully saturated rings. The summed E-state index contributed by atoms with van der Waals surface area (Å²) in [4.78, 5) is 0. The van der Waals surface area contributed by atoms with Crippen molar-refractivity contribution in [2.45, 2.75) is 26.0 Å². The number of hydrogen-bond acceptors (Lipinski definition) is 3. The van der Waals surface area contributed by atoms with Crippen molar-refractivity contribution in [1.82, 2.24) is 5.32 Å². The van der Waals surface area contributed by atoms with Gasteiger partial charge in [0.05, 0.1) is 25.0 Å². The fraction of sp³-hybridized carbons (Fsp3) is 0.375. The fourth-order valence-corrected chi connectivity index (χ4v) is 1.98. The van der Waals surface area contributed by atoms with E-state index in [0.717, 1.165) is 12.3 Å². The number of benzene rings is 1. The maximum Gasteiger partial charge on any atom is 0.125 e. The molecule has 102 valence electrons. The topological polar surface area (TPSA) is 34.4 Å². The molecule has 1 heterocycles. The molecule has 0 aliphatic carbocycles. The number of nitrogens with one attached hydrogen (secondary N) is 1. The van der Waals surface area contributed by atoms with E-state index < -0.39 is 0 Å². The summed E-state index contributed by atoms with van der Waals surface area (Å²) in [6, 6.07) is 14.3. The second-order valence-electron chi connectivity index (χ2n) is 4.73. The van der Waals surface area contributed by atoms with Gasteiger partial charge in [-0.2, -0.15) is 0 Å². The molecule has 19 heavy (non-hydrogen) atoms. The number of hydrogen-bond donors (Lipinski definition) is 1. The highest BCUT2D eigenvalue weighted by Gasteiger charge is 2.15. The van der Waals surface area contributed by atoms with Crippen LogP contribution in [0.15, 0.2) is 53.1 Å². The fourth-order valence-electron chi connectivity index (χ4n) is 1.98. The third-order valence-corrected chi connectivity index (χ3v) is 2.86. The van der Waals surface area contributed by atoms with Crippen LogP contribution in [0, 0.1) is 0 Å². The minimum atomic E-state index is 0.0759. The lowest BCUT2D eigenvalue weighted by Gasteiger charge is -2.17.